The number of nitrogens with zero attached hydrogens (tertiary/aromatic N) is 1. The number of aliphatic hydroxyl groups excluding tert-OH is 1. The van der Waals surface area contributed by atoms with E-state index in [0.29, 0.717) is 39.2 Å². The fourth-order valence-corrected chi connectivity index (χ4v) is 1.83. The van der Waals surface area contributed by atoms with Crippen LogP contribution in [0.5, 0.6) is 0 Å². The number of carbonyl (C=O) groups excluding carboxylic acids is 2. The topological polar surface area (TPSA) is 94.2 Å². The van der Waals surface area contributed by atoms with Crippen molar-refractivity contribution in [2.75, 3.05) is 39.4 Å². The first-order valence-corrected chi connectivity index (χ1v) is 6.49. The molecule has 1 aliphatic rings. The predicted molar refractivity (Wildman–Crippen MR) is 69.3 cm³/mol. The van der Waals surface area contributed by atoms with Crippen LogP contribution >= 0.6 is 0 Å². The zero-order chi connectivity index (χ0) is 14.3. The monoisotopic (exact) mass is 273 g/mol. The van der Waals surface area contributed by atoms with Crippen LogP contribution in [0.2, 0.25) is 0 Å². The van der Waals surface area contributed by atoms with E-state index in [9.17, 15) is 9.59 Å². The number of nitrogens with one attached hydrogen (secondary N) is 2. The quantitative estimate of drug-likeness (QED) is 0.453. The average molecular weight is 273 g/mol. The molecule has 0 saturated carbocycles. The van der Waals surface area contributed by atoms with Gasteiger partial charge >= 0.3 is 0 Å². The van der Waals surface area contributed by atoms with E-state index in [-0.39, 0.29) is 24.1 Å². The lowest BCUT2D eigenvalue weighted by Gasteiger charge is -2.21. The number of carbonyl (C=O) groups is 2. The number of rotatable bonds is 9. The molecule has 0 bridgehead atoms. The molecule has 1 atom stereocenters. The van der Waals surface area contributed by atoms with Gasteiger partial charge < -0.3 is 20.1 Å². The van der Waals surface area contributed by atoms with Gasteiger partial charge in [-0.25, -0.2) is 0 Å². The van der Waals surface area contributed by atoms with Gasteiger partial charge in [-0.05, 0) is 0 Å². The Labute approximate surface area is 113 Å². The van der Waals surface area contributed by atoms with E-state index in [0.717, 1.165) is 0 Å². The molecular weight excluding hydrogens is 250 g/mol. The zero-order valence-electron chi connectivity index (χ0n) is 11.6. The van der Waals surface area contributed by atoms with Crippen molar-refractivity contribution in [3.63, 3.8) is 0 Å². The lowest BCUT2D eigenvalue weighted by molar-refractivity contribution is -0.129. The highest BCUT2D eigenvalue weighted by atomic mass is 16.6. The number of aliphatic hydroxyl groups is 1. The third-order valence-corrected chi connectivity index (χ3v) is 3.04. The SMILES string of the molecule is CC(=O)NCCC1(NCCN(CCO)C(C)=O)CO1. The van der Waals surface area contributed by atoms with E-state index in [2.05, 4.69) is 10.6 Å². The lowest BCUT2D eigenvalue weighted by atomic mass is 10.2. The Morgan fingerprint density at radius 2 is 2.00 bits per heavy atom. The summed E-state index contributed by atoms with van der Waals surface area (Å²) in [5.74, 6) is -0.110. The molecule has 3 N–H and O–H groups in total. The molecule has 0 aliphatic carbocycles. The summed E-state index contributed by atoms with van der Waals surface area (Å²) >= 11 is 0. The van der Waals surface area contributed by atoms with Crippen LogP contribution in [0.3, 0.4) is 0 Å². The van der Waals surface area contributed by atoms with E-state index in [1.807, 2.05) is 0 Å². The second kappa shape index (κ2) is 7.42. The van der Waals surface area contributed by atoms with Gasteiger partial charge in [0.1, 0.15) is 5.72 Å². The maximum atomic E-state index is 11.3. The van der Waals surface area contributed by atoms with Crippen LogP contribution < -0.4 is 10.6 Å². The van der Waals surface area contributed by atoms with Gasteiger partial charge in [0.05, 0.1) is 13.2 Å². The molecule has 110 valence electrons. The molecule has 1 unspecified atom stereocenters. The Morgan fingerprint density at radius 3 is 2.47 bits per heavy atom. The first kappa shape index (κ1) is 15.9. The number of amides is 2. The summed E-state index contributed by atoms with van der Waals surface area (Å²) in [6.45, 7) is 5.58. The van der Waals surface area contributed by atoms with Gasteiger partial charge in [-0.15, -0.1) is 0 Å². The van der Waals surface area contributed by atoms with Crippen molar-refractivity contribution in [1.29, 1.82) is 0 Å². The smallest absolute Gasteiger partial charge is 0.219 e. The summed E-state index contributed by atoms with van der Waals surface area (Å²) in [5, 5.41) is 14.8. The highest BCUT2D eigenvalue weighted by Gasteiger charge is 2.43. The van der Waals surface area contributed by atoms with E-state index < -0.39 is 0 Å². The van der Waals surface area contributed by atoms with Crippen molar-refractivity contribution in [2.45, 2.75) is 26.0 Å². The molecule has 0 radical (unpaired) electrons. The van der Waals surface area contributed by atoms with E-state index in [1.54, 1.807) is 4.90 Å². The number of epoxide rings is 1. The number of ether oxygens (including phenoxy) is 1. The third-order valence-electron chi connectivity index (χ3n) is 3.04. The van der Waals surface area contributed by atoms with Crippen LogP contribution in [0.25, 0.3) is 0 Å². The Bertz CT molecular complexity index is 318. The molecule has 1 saturated heterocycles. The third kappa shape index (κ3) is 6.00. The minimum atomic E-state index is -0.357. The van der Waals surface area contributed by atoms with Gasteiger partial charge in [0.15, 0.2) is 0 Å². The van der Waals surface area contributed by atoms with Crippen molar-refractivity contribution in [3.05, 3.63) is 0 Å². The largest absolute Gasteiger partial charge is 0.395 e. The summed E-state index contributed by atoms with van der Waals surface area (Å²) in [7, 11) is 0. The van der Waals surface area contributed by atoms with Crippen molar-refractivity contribution < 1.29 is 19.4 Å². The molecule has 0 spiro atoms. The van der Waals surface area contributed by atoms with E-state index in [4.69, 9.17) is 9.84 Å². The molecule has 1 aliphatic heterocycles. The van der Waals surface area contributed by atoms with Crippen molar-refractivity contribution >= 4 is 11.8 Å². The normalized spacial score (nSPS) is 21.0. The van der Waals surface area contributed by atoms with Crippen LogP contribution in [0.4, 0.5) is 0 Å². The van der Waals surface area contributed by atoms with Crippen LogP contribution in [0.1, 0.15) is 20.3 Å². The molecule has 7 heteroatoms. The second-order valence-corrected chi connectivity index (χ2v) is 4.67. The van der Waals surface area contributed by atoms with Crippen molar-refractivity contribution in [1.82, 2.24) is 15.5 Å². The molecule has 0 aromatic rings. The van der Waals surface area contributed by atoms with Gasteiger partial charge in [0, 0.05) is 46.4 Å². The summed E-state index contributed by atoms with van der Waals surface area (Å²) in [4.78, 5) is 23.6. The van der Waals surface area contributed by atoms with E-state index >= 15 is 0 Å². The van der Waals surface area contributed by atoms with Gasteiger partial charge in [-0.1, -0.05) is 0 Å². The Hall–Kier alpha value is -1.18. The minimum Gasteiger partial charge on any atom is -0.395 e. The number of hydrogen-bond acceptors (Lipinski definition) is 5. The predicted octanol–water partition coefficient (Wildman–Crippen LogP) is -1.33. The number of hydrogen-bond donors (Lipinski definition) is 3. The molecule has 7 nitrogen and oxygen atoms in total. The second-order valence-electron chi connectivity index (χ2n) is 4.67. The van der Waals surface area contributed by atoms with Gasteiger partial charge in [0.25, 0.3) is 0 Å². The van der Waals surface area contributed by atoms with Crippen molar-refractivity contribution in [2.24, 2.45) is 0 Å². The van der Waals surface area contributed by atoms with Crippen LogP contribution in [0.15, 0.2) is 0 Å². The molecule has 1 heterocycles. The summed E-state index contributed by atoms with van der Waals surface area (Å²) in [5.41, 5.74) is -0.357. The highest BCUT2D eigenvalue weighted by molar-refractivity contribution is 5.73. The zero-order valence-corrected chi connectivity index (χ0v) is 11.6. The fraction of sp³-hybridized carbons (Fsp3) is 0.833. The van der Waals surface area contributed by atoms with Gasteiger partial charge in [-0.3, -0.25) is 14.9 Å². The van der Waals surface area contributed by atoms with Crippen LogP contribution in [-0.4, -0.2) is 66.9 Å². The first-order valence-electron chi connectivity index (χ1n) is 6.49. The van der Waals surface area contributed by atoms with Crippen LogP contribution in [0, 0.1) is 0 Å². The summed E-state index contributed by atoms with van der Waals surface area (Å²) in [6.07, 6.45) is 0.701. The molecular formula is C12H23N3O4. The van der Waals surface area contributed by atoms with Gasteiger partial charge in [-0.2, -0.15) is 0 Å². The molecule has 1 rings (SSSR count). The fourth-order valence-electron chi connectivity index (χ4n) is 1.83. The molecule has 2 amide bonds. The average Bonchev–Trinajstić information content (AvgIpc) is 3.07. The standard InChI is InChI=1S/C12H23N3O4/c1-10(17)13-4-3-12(9-19-12)14-5-6-15(7-8-16)11(2)18/h14,16H,3-9H2,1-2H3,(H,13,17). The van der Waals surface area contributed by atoms with Crippen molar-refractivity contribution in [3.8, 4) is 0 Å². The maximum Gasteiger partial charge on any atom is 0.219 e. The first-order chi connectivity index (χ1) is 8.99. The molecule has 0 aromatic heterocycles. The summed E-state index contributed by atoms with van der Waals surface area (Å²) < 4.78 is 5.36. The Balaban J connectivity index is 2.20. The minimum absolute atomic E-state index is 0.0379. The maximum absolute atomic E-state index is 11.3. The van der Waals surface area contributed by atoms with Crippen LogP contribution in [-0.2, 0) is 14.3 Å². The van der Waals surface area contributed by atoms with Gasteiger partial charge in [0.2, 0.25) is 11.8 Å². The van der Waals surface area contributed by atoms with E-state index in [1.165, 1.54) is 13.8 Å². The summed E-state index contributed by atoms with van der Waals surface area (Å²) in [6, 6.07) is 0. The molecule has 0 aromatic carbocycles. The Morgan fingerprint density at radius 1 is 1.32 bits per heavy atom. The molecule has 19 heavy (non-hydrogen) atoms. The Kier molecular flexibility index (Phi) is 6.20. The highest BCUT2D eigenvalue weighted by Crippen LogP contribution is 2.26. The molecule has 1 fully saturated rings. The lowest BCUT2D eigenvalue weighted by Crippen LogP contribution is -2.43.